The molecule has 76 valence electrons. The van der Waals surface area contributed by atoms with Crippen LogP contribution in [0.2, 0.25) is 0 Å². The third kappa shape index (κ3) is 4.27. The van der Waals surface area contributed by atoms with E-state index in [0.717, 1.165) is 19.0 Å². The number of carbonyl (C=O) groups is 1. The maximum absolute atomic E-state index is 10.6. The lowest BCUT2D eigenvalue weighted by atomic mass is 10.1. The summed E-state index contributed by atoms with van der Waals surface area (Å²) in [6.45, 7) is 5.42. The van der Waals surface area contributed by atoms with E-state index in [0.29, 0.717) is 6.04 Å². The number of nitrogens with one attached hydrogen (secondary N) is 2. The Morgan fingerprint density at radius 1 is 1.46 bits per heavy atom. The third-order valence-corrected chi connectivity index (χ3v) is 2.54. The van der Waals surface area contributed by atoms with Gasteiger partial charge in [0.2, 0.25) is 5.91 Å². The molecule has 0 aliphatic heterocycles. The average molecular weight is 184 g/mol. The summed E-state index contributed by atoms with van der Waals surface area (Å²) < 4.78 is 0. The standard InChI is InChI=1S/C10H20N2O/c1-3-10(9-4-5-9)12-7-6-11-8(2)13/h9-10,12H,3-7H2,1-2H3,(H,11,13). The van der Waals surface area contributed by atoms with Gasteiger partial charge in [-0.2, -0.15) is 0 Å². The van der Waals surface area contributed by atoms with Gasteiger partial charge in [0.15, 0.2) is 0 Å². The SMILES string of the molecule is CCC(NCCNC(C)=O)C1CC1. The largest absolute Gasteiger partial charge is 0.355 e. The van der Waals surface area contributed by atoms with E-state index in [1.54, 1.807) is 6.92 Å². The molecule has 1 saturated carbocycles. The molecule has 1 rings (SSSR count). The number of hydrogen-bond acceptors (Lipinski definition) is 2. The lowest BCUT2D eigenvalue weighted by molar-refractivity contribution is -0.118. The molecule has 0 heterocycles. The van der Waals surface area contributed by atoms with Crippen molar-refractivity contribution in [3.63, 3.8) is 0 Å². The summed E-state index contributed by atoms with van der Waals surface area (Å²) in [5.74, 6) is 0.962. The molecule has 3 nitrogen and oxygen atoms in total. The Hall–Kier alpha value is -0.570. The van der Waals surface area contributed by atoms with Crippen LogP contribution in [0.4, 0.5) is 0 Å². The molecule has 0 bridgehead atoms. The van der Waals surface area contributed by atoms with Gasteiger partial charge in [0.25, 0.3) is 0 Å². The van der Waals surface area contributed by atoms with Crippen molar-refractivity contribution >= 4 is 5.91 Å². The topological polar surface area (TPSA) is 41.1 Å². The Balaban J connectivity index is 1.99. The molecular formula is C10H20N2O. The fourth-order valence-electron chi connectivity index (χ4n) is 1.64. The zero-order valence-electron chi connectivity index (χ0n) is 8.60. The van der Waals surface area contributed by atoms with Crippen LogP contribution in [0.25, 0.3) is 0 Å². The predicted molar refractivity (Wildman–Crippen MR) is 53.5 cm³/mol. The van der Waals surface area contributed by atoms with Gasteiger partial charge in [0.1, 0.15) is 0 Å². The third-order valence-electron chi connectivity index (χ3n) is 2.54. The summed E-state index contributed by atoms with van der Waals surface area (Å²) in [4.78, 5) is 10.6. The monoisotopic (exact) mass is 184 g/mol. The highest BCUT2D eigenvalue weighted by molar-refractivity contribution is 5.72. The number of rotatable bonds is 6. The van der Waals surface area contributed by atoms with E-state index < -0.39 is 0 Å². The fraction of sp³-hybridized carbons (Fsp3) is 0.900. The van der Waals surface area contributed by atoms with E-state index in [4.69, 9.17) is 0 Å². The molecule has 1 fully saturated rings. The van der Waals surface area contributed by atoms with Crippen LogP contribution in [0.3, 0.4) is 0 Å². The van der Waals surface area contributed by atoms with Crippen molar-refractivity contribution in [2.75, 3.05) is 13.1 Å². The van der Waals surface area contributed by atoms with Crippen LogP contribution in [0, 0.1) is 5.92 Å². The summed E-state index contributed by atoms with van der Waals surface area (Å²) in [6.07, 6.45) is 3.96. The number of amides is 1. The second kappa shape index (κ2) is 5.22. The summed E-state index contributed by atoms with van der Waals surface area (Å²) in [6, 6.07) is 0.675. The Kier molecular flexibility index (Phi) is 4.22. The van der Waals surface area contributed by atoms with Gasteiger partial charge in [-0.1, -0.05) is 6.92 Å². The molecule has 0 aromatic heterocycles. The first-order valence-corrected chi connectivity index (χ1v) is 5.22. The first kappa shape index (κ1) is 10.5. The second-order valence-electron chi connectivity index (χ2n) is 3.79. The summed E-state index contributed by atoms with van der Waals surface area (Å²) in [5, 5.41) is 6.25. The lowest BCUT2D eigenvalue weighted by Gasteiger charge is -2.15. The first-order chi connectivity index (χ1) is 6.24. The normalized spacial score (nSPS) is 18.3. The molecule has 0 aromatic carbocycles. The zero-order chi connectivity index (χ0) is 9.68. The van der Waals surface area contributed by atoms with Crippen LogP contribution in [0.15, 0.2) is 0 Å². The summed E-state index contributed by atoms with van der Waals surface area (Å²) in [5.41, 5.74) is 0. The van der Waals surface area contributed by atoms with Crippen molar-refractivity contribution in [3.8, 4) is 0 Å². The summed E-state index contributed by atoms with van der Waals surface area (Å²) >= 11 is 0. The molecule has 1 atom stereocenters. The van der Waals surface area contributed by atoms with E-state index >= 15 is 0 Å². The van der Waals surface area contributed by atoms with Crippen molar-refractivity contribution in [1.82, 2.24) is 10.6 Å². The van der Waals surface area contributed by atoms with Gasteiger partial charge in [-0.15, -0.1) is 0 Å². The molecule has 1 amide bonds. The molecule has 0 aromatic rings. The number of carbonyl (C=O) groups excluding carboxylic acids is 1. The molecule has 3 heteroatoms. The highest BCUT2D eigenvalue weighted by Crippen LogP contribution is 2.33. The van der Waals surface area contributed by atoms with E-state index in [1.165, 1.54) is 19.3 Å². The van der Waals surface area contributed by atoms with Crippen molar-refractivity contribution in [1.29, 1.82) is 0 Å². The molecule has 0 radical (unpaired) electrons. The molecule has 1 aliphatic rings. The minimum atomic E-state index is 0.0567. The van der Waals surface area contributed by atoms with Crippen LogP contribution in [-0.2, 0) is 4.79 Å². The molecule has 1 aliphatic carbocycles. The van der Waals surface area contributed by atoms with Crippen LogP contribution in [0.1, 0.15) is 33.1 Å². The average Bonchev–Trinajstić information content (AvgIpc) is 2.87. The smallest absolute Gasteiger partial charge is 0.216 e. The highest BCUT2D eigenvalue weighted by Gasteiger charge is 2.29. The van der Waals surface area contributed by atoms with Crippen LogP contribution < -0.4 is 10.6 Å². The molecular weight excluding hydrogens is 164 g/mol. The Morgan fingerprint density at radius 2 is 2.15 bits per heavy atom. The Morgan fingerprint density at radius 3 is 2.62 bits per heavy atom. The van der Waals surface area contributed by atoms with Gasteiger partial charge in [-0.3, -0.25) is 4.79 Å². The lowest BCUT2D eigenvalue weighted by Crippen LogP contribution is -2.37. The molecule has 13 heavy (non-hydrogen) atoms. The van der Waals surface area contributed by atoms with Crippen molar-refractivity contribution in [2.24, 2.45) is 5.92 Å². The molecule has 0 spiro atoms. The molecule has 0 saturated heterocycles. The molecule has 2 N–H and O–H groups in total. The van der Waals surface area contributed by atoms with Crippen molar-refractivity contribution < 1.29 is 4.79 Å². The highest BCUT2D eigenvalue weighted by atomic mass is 16.1. The molecule has 1 unspecified atom stereocenters. The first-order valence-electron chi connectivity index (χ1n) is 5.22. The second-order valence-corrected chi connectivity index (χ2v) is 3.79. The quantitative estimate of drug-likeness (QED) is 0.602. The van der Waals surface area contributed by atoms with Crippen molar-refractivity contribution in [2.45, 2.75) is 39.2 Å². The van der Waals surface area contributed by atoms with Crippen LogP contribution in [0.5, 0.6) is 0 Å². The van der Waals surface area contributed by atoms with E-state index in [1.807, 2.05) is 0 Å². The summed E-state index contributed by atoms with van der Waals surface area (Å²) in [7, 11) is 0. The maximum atomic E-state index is 10.6. The van der Waals surface area contributed by atoms with Gasteiger partial charge in [0, 0.05) is 26.1 Å². The maximum Gasteiger partial charge on any atom is 0.216 e. The van der Waals surface area contributed by atoms with E-state index in [-0.39, 0.29) is 5.91 Å². The van der Waals surface area contributed by atoms with Crippen molar-refractivity contribution in [3.05, 3.63) is 0 Å². The van der Waals surface area contributed by atoms with Gasteiger partial charge in [-0.25, -0.2) is 0 Å². The number of hydrogen-bond donors (Lipinski definition) is 2. The zero-order valence-corrected chi connectivity index (χ0v) is 8.60. The van der Waals surface area contributed by atoms with E-state index in [2.05, 4.69) is 17.6 Å². The fourth-order valence-corrected chi connectivity index (χ4v) is 1.64. The Labute approximate surface area is 80.3 Å². The van der Waals surface area contributed by atoms with Gasteiger partial charge >= 0.3 is 0 Å². The Bertz CT molecular complexity index is 166. The minimum absolute atomic E-state index is 0.0567. The van der Waals surface area contributed by atoms with Gasteiger partial charge in [-0.05, 0) is 25.2 Å². The van der Waals surface area contributed by atoms with Gasteiger partial charge in [0.05, 0.1) is 0 Å². The predicted octanol–water partition coefficient (Wildman–Crippen LogP) is 0.901. The van der Waals surface area contributed by atoms with E-state index in [9.17, 15) is 4.79 Å². The van der Waals surface area contributed by atoms with Gasteiger partial charge < -0.3 is 10.6 Å². The van der Waals surface area contributed by atoms with Crippen LogP contribution >= 0.6 is 0 Å². The van der Waals surface area contributed by atoms with Crippen LogP contribution in [-0.4, -0.2) is 25.0 Å². The minimum Gasteiger partial charge on any atom is -0.355 e.